The molecule has 2 N–H and O–H groups in total. The highest BCUT2D eigenvalue weighted by molar-refractivity contribution is 5.41. The average molecular weight is 269 g/mol. The molecule has 1 aliphatic carbocycles. The molecule has 0 amide bonds. The zero-order chi connectivity index (χ0) is 13.8. The number of piperazine rings is 1. The van der Waals surface area contributed by atoms with Gasteiger partial charge in [-0.1, -0.05) is 30.0 Å². The summed E-state index contributed by atoms with van der Waals surface area (Å²) in [4.78, 5) is 5.19. The van der Waals surface area contributed by atoms with Crippen molar-refractivity contribution in [3.8, 4) is 11.8 Å². The molecule has 3 rings (SSSR count). The van der Waals surface area contributed by atoms with Gasteiger partial charge in [-0.25, -0.2) is 0 Å². The van der Waals surface area contributed by atoms with Gasteiger partial charge in [-0.15, -0.1) is 0 Å². The van der Waals surface area contributed by atoms with Crippen LogP contribution in [0.5, 0.6) is 0 Å². The summed E-state index contributed by atoms with van der Waals surface area (Å²) in [5, 5.41) is 0. The van der Waals surface area contributed by atoms with E-state index in [-0.39, 0.29) is 0 Å². The Kier molecular flexibility index (Phi) is 4.37. The van der Waals surface area contributed by atoms with E-state index in [9.17, 15) is 0 Å². The molecule has 3 heteroatoms. The Morgan fingerprint density at radius 1 is 1.10 bits per heavy atom. The number of hydrogen-bond acceptors (Lipinski definition) is 3. The second-order valence-corrected chi connectivity index (χ2v) is 5.71. The summed E-state index contributed by atoms with van der Waals surface area (Å²) in [5.41, 5.74) is 7.93. The summed E-state index contributed by atoms with van der Waals surface area (Å²) in [6, 6.07) is 9.34. The molecule has 1 saturated carbocycles. The van der Waals surface area contributed by atoms with Crippen molar-refractivity contribution in [2.24, 2.45) is 5.73 Å². The molecule has 2 fully saturated rings. The molecular formula is C17H23N3. The van der Waals surface area contributed by atoms with Crippen LogP contribution >= 0.6 is 0 Å². The van der Waals surface area contributed by atoms with Crippen molar-refractivity contribution >= 4 is 0 Å². The Hall–Kier alpha value is -1.34. The maximum absolute atomic E-state index is 5.47. The quantitative estimate of drug-likeness (QED) is 0.839. The first-order chi connectivity index (χ1) is 9.86. The third kappa shape index (κ3) is 3.40. The van der Waals surface area contributed by atoms with Crippen molar-refractivity contribution in [3.63, 3.8) is 0 Å². The topological polar surface area (TPSA) is 32.5 Å². The maximum Gasteiger partial charge on any atom is 0.0555 e. The molecule has 1 aromatic rings. The van der Waals surface area contributed by atoms with Gasteiger partial charge in [0.15, 0.2) is 0 Å². The third-order valence-corrected chi connectivity index (χ3v) is 4.21. The largest absolute Gasteiger partial charge is 0.320 e. The molecule has 0 unspecified atom stereocenters. The number of nitrogens with two attached hydrogens (primary N) is 1. The van der Waals surface area contributed by atoms with Gasteiger partial charge in [0, 0.05) is 44.3 Å². The van der Waals surface area contributed by atoms with Crippen LogP contribution in [0.1, 0.15) is 24.0 Å². The van der Waals surface area contributed by atoms with Crippen LogP contribution in [0.3, 0.4) is 0 Å². The molecule has 1 saturated heterocycles. The predicted molar refractivity (Wildman–Crippen MR) is 82.2 cm³/mol. The first kappa shape index (κ1) is 13.6. The highest BCUT2D eigenvalue weighted by Gasteiger charge is 2.31. The van der Waals surface area contributed by atoms with Gasteiger partial charge in [-0.2, -0.15) is 0 Å². The van der Waals surface area contributed by atoms with Gasteiger partial charge in [0.2, 0.25) is 0 Å². The highest BCUT2D eigenvalue weighted by atomic mass is 15.3. The van der Waals surface area contributed by atoms with Crippen LogP contribution < -0.4 is 5.73 Å². The van der Waals surface area contributed by atoms with Crippen molar-refractivity contribution in [1.82, 2.24) is 9.80 Å². The second kappa shape index (κ2) is 6.41. The first-order valence-electron chi connectivity index (χ1n) is 7.60. The smallest absolute Gasteiger partial charge is 0.0555 e. The third-order valence-electron chi connectivity index (χ3n) is 4.21. The van der Waals surface area contributed by atoms with E-state index in [4.69, 9.17) is 5.73 Å². The van der Waals surface area contributed by atoms with E-state index in [0.29, 0.717) is 6.54 Å². The van der Waals surface area contributed by atoms with E-state index in [2.05, 4.69) is 45.9 Å². The molecule has 2 aliphatic rings. The lowest BCUT2D eigenvalue weighted by Gasteiger charge is -2.35. The van der Waals surface area contributed by atoms with Crippen molar-refractivity contribution in [1.29, 1.82) is 0 Å². The van der Waals surface area contributed by atoms with E-state index in [0.717, 1.165) is 18.2 Å². The van der Waals surface area contributed by atoms with Crippen LogP contribution in [0.15, 0.2) is 24.3 Å². The van der Waals surface area contributed by atoms with Crippen LogP contribution in [0.4, 0.5) is 0 Å². The summed E-state index contributed by atoms with van der Waals surface area (Å²) in [6.45, 7) is 6.23. The summed E-state index contributed by atoms with van der Waals surface area (Å²) in [5.74, 6) is 6.15. The number of rotatable bonds is 3. The van der Waals surface area contributed by atoms with Crippen molar-refractivity contribution in [2.45, 2.75) is 25.4 Å². The lowest BCUT2D eigenvalue weighted by atomic mass is 10.1. The standard InChI is InChI=1S/C17H23N3/c18-9-3-6-15-4-1-2-5-16(15)14-19-10-12-20(13-11-19)17-7-8-17/h1-2,4-5,17H,7-14,18H2. The first-order valence-corrected chi connectivity index (χ1v) is 7.60. The molecule has 106 valence electrons. The Morgan fingerprint density at radius 3 is 2.55 bits per heavy atom. The molecule has 3 nitrogen and oxygen atoms in total. The van der Waals surface area contributed by atoms with Gasteiger partial charge in [0.25, 0.3) is 0 Å². The average Bonchev–Trinajstić information content (AvgIpc) is 3.32. The predicted octanol–water partition coefficient (Wildman–Crippen LogP) is 1.28. The van der Waals surface area contributed by atoms with Gasteiger partial charge in [0.05, 0.1) is 6.54 Å². The van der Waals surface area contributed by atoms with E-state index in [1.54, 1.807) is 0 Å². The lowest BCUT2D eigenvalue weighted by Crippen LogP contribution is -2.46. The fourth-order valence-electron chi connectivity index (χ4n) is 2.89. The normalized spacial score (nSPS) is 20.4. The molecule has 1 aromatic carbocycles. The van der Waals surface area contributed by atoms with Crippen LogP contribution in [0.2, 0.25) is 0 Å². The van der Waals surface area contributed by atoms with Crippen LogP contribution in [-0.2, 0) is 6.54 Å². The Morgan fingerprint density at radius 2 is 1.85 bits per heavy atom. The number of hydrogen-bond donors (Lipinski definition) is 1. The highest BCUT2D eigenvalue weighted by Crippen LogP contribution is 2.27. The zero-order valence-corrected chi connectivity index (χ0v) is 12.0. The van der Waals surface area contributed by atoms with Crippen molar-refractivity contribution in [3.05, 3.63) is 35.4 Å². The monoisotopic (exact) mass is 269 g/mol. The molecule has 0 radical (unpaired) electrons. The Labute approximate surface area is 121 Å². The Bertz CT molecular complexity index is 502. The fraction of sp³-hybridized carbons (Fsp3) is 0.529. The van der Waals surface area contributed by atoms with Crippen LogP contribution in [0.25, 0.3) is 0 Å². The molecule has 1 aliphatic heterocycles. The van der Waals surface area contributed by atoms with Crippen LogP contribution in [0, 0.1) is 11.8 Å². The minimum atomic E-state index is 0.425. The number of benzene rings is 1. The fourth-order valence-corrected chi connectivity index (χ4v) is 2.89. The minimum Gasteiger partial charge on any atom is -0.320 e. The van der Waals surface area contributed by atoms with E-state index < -0.39 is 0 Å². The van der Waals surface area contributed by atoms with E-state index >= 15 is 0 Å². The molecule has 0 spiro atoms. The molecule has 0 bridgehead atoms. The van der Waals surface area contributed by atoms with Crippen molar-refractivity contribution < 1.29 is 0 Å². The number of nitrogens with zero attached hydrogens (tertiary/aromatic N) is 2. The maximum atomic E-state index is 5.47. The summed E-state index contributed by atoms with van der Waals surface area (Å²) < 4.78 is 0. The molecular weight excluding hydrogens is 246 g/mol. The van der Waals surface area contributed by atoms with Gasteiger partial charge in [-0.05, 0) is 24.5 Å². The summed E-state index contributed by atoms with van der Waals surface area (Å²) >= 11 is 0. The molecule has 20 heavy (non-hydrogen) atoms. The lowest BCUT2D eigenvalue weighted by molar-refractivity contribution is 0.121. The van der Waals surface area contributed by atoms with Gasteiger partial charge in [-0.3, -0.25) is 9.80 Å². The van der Waals surface area contributed by atoms with Gasteiger partial charge < -0.3 is 5.73 Å². The Balaban J connectivity index is 1.60. The van der Waals surface area contributed by atoms with Gasteiger partial charge >= 0.3 is 0 Å². The second-order valence-electron chi connectivity index (χ2n) is 5.71. The molecule has 1 heterocycles. The van der Waals surface area contributed by atoms with E-state index in [1.807, 2.05) is 0 Å². The zero-order valence-electron chi connectivity index (χ0n) is 12.0. The van der Waals surface area contributed by atoms with Gasteiger partial charge in [0.1, 0.15) is 0 Å². The molecule has 0 atom stereocenters. The molecule has 0 aromatic heterocycles. The van der Waals surface area contributed by atoms with Crippen LogP contribution in [-0.4, -0.2) is 48.6 Å². The summed E-state index contributed by atoms with van der Waals surface area (Å²) in [7, 11) is 0. The van der Waals surface area contributed by atoms with Crippen molar-refractivity contribution in [2.75, 3.05) is 32.7 Å². The SMILES string of the molecule is NCC#Cc1ccccc1CN1CCN(C2CC2)CC1. The minimum absolute atomic E-state index is 0.425. The summed E-state index contributed by atoms with van der Waals surface area (Å²) in [6.07, 6.45) is 2.83. The van der Waals surface area contributed by atoms with E-state index in [1.165, 1.54) is 44.6 Å².